The van der Waals surface area contributed by atoms with Gasteiger partial charge >= 0.3 is 6.03 Å². The molecule has 1 aliphatic heterocycles. The molecule has 1 unspecified atom stereocenters. The maximum absolute atomic E-state index is 12.1. The molecule has 1 aliphatic rings. The first-order chi connectivity index (χ1) is 11.6. The van der Waals surface area contributed by atoms with Crippen LogP contribution in [0.25, 0.3) is 0 Å². The van der Waals surface area contributed by atoms with Crippen molar-refractivity contribution in [1.29, 1.82) is 0 Å². The number of carbonyl (C=O) groups excluding carboxylic acids is 1. The highest BCUT2D eigenvalue weighted by Gasteiger charge is 2.17. The van der Waals surface area contributed by atoms with Gasteiger partial charge in [0.1, 0.15) is 0 Å². The maximum Gasteiger partial charge on any atom is 0.319 e. The normalized spacial score (nSPS) is 16.2. The van der Waals surface area contributed by atoms with Crippen LogP contribution in [0.15, 0.2) is 48.5 Å². The fourth-order valence-corrected chi connectivity index (χ4v) is 3.00. The lowest BCUT2D eigenvalue weighted by Crippen LogP contribution is -2.40. The average molecular weight is 323 g/mol. The lowest BCUT2D eigenvalue weighted by atomic mass is 9.98. The molecule has 1 heterocycles. The molecule has 3 N–H and O–H groups in total. The van der Waals surface area contributed by atoms with Crippen LogP contribution in [0.5, 0.6) is 0 Å². The Kier molecular flexibility index (Phi) is 5.04. The Morgan fingerprint density at radius 1 is 1.17 bits per heavy atom. The number of hydrogen-bond donors (Lipinski definition) is 3. The van der Waals surface area contributed by atoms with Gasteiger partial charge in [0.15, 0.2) is 0 Å². The summed E-state index contributed by atoms with van der Waals surface area (Å²) in [4.78, 5) is 12.1. The SMILES string of the molecule is CC(C)c1ccc(NC(=O)NCC2CCc3ccccc3N2)cc1. The van der Waals surface area contributed by atoms with E-state index in [1.54, 1.807) is 0 Å². The zero-order valence-electron chi connectivity index (χ0n) is 14.3. The van der Waals surface area contributed by atoms with Crippen molar-refractivity contribution in [3.05, 3.63) is 59.7 Å². The van der Waals surface area contributed by atoms with Crippen molar-refractivity contribution in [3.63, 3.8) is 0 Å². The summed E-state index contributed by atoms with van der Waals surface area (Å²) in [6, 6.07) is 16.5. The van der Waals surface area contributed by atoms with Gasteiger partial charge in [0.2, 0.25) is 0 Å². The van der Waals surface area contributed by atoms with Gasteiger partial charge in [0, 0.05) is 24.0 Å². The molecule has 4 nitrogen and oxygen atoms in total. The van der Waals surface area contributed by atoms with Crippen molar-refractivity contribution >= 4 is 17.4 Å². The molecule has 0 saturated carbocycles. The van der Waals surface area contributed by atoms with Crippen molar-refractivity contribution < 1.29 is 4.79 Å². The molecule has 3 rings (SSSR count). The van der Waals surface area contributed by atoms with Gasteiger partial charge in [0.25, 0.3) is 0 Å². The molecule has 0 fully saturated rings. The van der Waals surface area contributed by atoms with Crippen LogP contribution in [0.1, 0.15) is 37.3 Å². The maximum atomic E-state index is 12.1. The number of carbonyl (C=O) groups is 1. The van der Waals surface area contributed by atoms with Gasteiger partial charge < -0.3 is 16.0 Å². The van der Waals surface area contributed by atoms with E-state index in [4.69, 9.17) is 0 Å². The van der Waals surface area contributed by atoms with Crippen LogP contribution in [0.2, 0.25) is 0 Å². The van der Waals surface area contributed by atoms with Crippen LogP contribution < -0.4 is 16.0 Å². The predicted octanol–water partition coefficient (Wildman–Crippen LogP) is 4.36. The lowest BCUT2D eigenvalue weighted by molar-refractivity contribution is 0.251. The Balaban J connectivity index is 1.48. The van der Waals surface area contributed by atoms with Gasteiger partial charge in [-0.2, -0.15) is 0 Å². The summed E-state index contributed by atoms with van der Waals surface area (Å²) in [5.41, 5.74) is 4.62. The predicted molar refractivity (Wildman–Crippen MR) is 99.7 cm³/mol. The lowest BCUT2D eigenvalue weighted by Gasteiger charge is -2.27. The minimum absolute atomic E-state index is 0.159. The van der Waals surface area contributed by atoms with E-state index in [2.05, 4.69) is 60.1 Å². The molecule has 2 amide bonds. The number of anilines is 2. The molecular weight excluding hydrogens is 298 g/mol. The zero-order valence-corrected chi connectivity index (χ0v) is 14.3. The van der Waals surface area contributed by atoms with Crippen molar-refractivity contribution in [3.8, 4) is 0 Å². The number of benzene rings is 2. The van der Waals surface area contributed by atoms with E-state index in [1.807, 2.05) is 18.2 Å². The molecule has 0 bridgehead atoms. The van der Waals surface area contributed by atoms with Gasteiger partial charge in [-0.25, -0.2) is 4.79 Å². The fourth-order valence-electron chi connectivity index (χ4n) is 3.00. The molecular formula is C20H25N3O. The molecule has 0 saturated heterocycles. The van der Waals surface area contributed by atoms with Crippen molar-refractivity contribution in [2.24, 2.45) is 0 Å². The van der Waals surface area contributed by atoms with Crippen LogP contribution in [0.4, 0.5) is 16.2 Å². The number of hydrogen-bond acceptors (Lipinski definition) is 2. The Labute approximate surface area is 143 Å². The molecule has 4 heteroatoms. The largest absolute Gasteiger partial charge is 0.380 e. The van der Waals surface area contributed by atoms with Gasteiger partial charge in [-0.3, -0.25) is 0 Å². The third-order valence-electron chi connectivity index (χ3n) is 4.48. The van der Waals surface area contributed by atoms with E-state index in [0.29, 0.717) is 12.5 Å². The summed E-state index contributed by atoms with van der Waals surface area (Å²) in [6.45, 7) is 4.93. The standard InChI is InChI=1S/C20H25N3O/c1-14(2)15-7-10-17(11-8-15)23-20(24)21-13-18-12-9-16-5-3-4-6-19(16)22-18/h3-8,10-11,14,18,22H,9,12-13H2,1-2H3,(H2,21,23,24). The number of urea groups is 1. The van der Waals surface area contributed by atoms with E-state index in [1.165, 1.54) is 16.8 Å². The molecule has 0 aliphatic carbocycles. The number of para-hydroxylation sites is 1. The topological polar surface area (TPSA) is 53.2 Å². The first kappa shape index (κ1) is 16.4. The quantitative estimate of drug-likeness (QED) is 0.783. The van der Waals surface area contributed by atoms with Gasteiger partial charge in [-0.05, 0) is 48.1 Å². The molecule has 24 heavy (non-hydrogen) atoms. The van der Waals surface area contributed by atoms with Gasteiger partial charge in [-0.15, -0.1) is 0 Å². The number of aryl methyl sites for hydroxylation is 1. The summed E-state index contributed by atoms with van der Waals surface area (Å²) >= 11 is 0. The number of fused-ring (bicyclic) bond motifs is 1. The summed E-state index contributed by atoms with van der Waals surface area (Å²) in [7, 11) is 0. The highest BCUT2D eigenvalue weighted by atomic mass is 16.2. The van der Waals surface area contributed by atoms with Crippen molar-refractivity contribution in [2.75, 3.05) is 17.2 Å². The minimum Gasteiger partial charge on any atom is -0.380 e. The number of rotatable bonds is 4. The molecule has 0 radical (unpaired) electrons. The first-order valence-corrected chi connectivity index (χ1v) is 8.61. The van der Waals surface area contributed by atoms with Gasteiger partial charge in [0.05, 0.1) is 0 Å². The van der Waals surface area contributed by atoms with Crippen LogP contribution >= 0.6 is 0 Å². The number of nitrogens with one attached hydrogen (secondary N) is 3. The van der Waals surface area contributed by atoms with Crippen LogP contribution in [0, 0.1) is 0 Å². The zero-order chi connectivity index (χ0) is 16.9. The minimum atomic E-state index is -0.159. The second-order valence-corrected chi connectivity index (χ2v) is 6.65. The molecule has 0 spiro atoms. The molecule has 0 aromatic heterocycles. The first-order valence-electron chi connectivity index (χ1n) is 8.61. The highest BCUT2D eigenvalue weighted by Crippen LogP contribution is 2.24. The third-order valence-corrected chi connectivity index (χ3v) is 4.48. The third kappa shape index (κ3) is 4.07. The summed E-state index contributed by atoms with van der Waals surface area (Å²) in [6.07, 6.45) is 2.08. The van der Waals surface area contributed by atoms with E-state index < -0.39 is 0 Å². The molecule has 126 valence electrons. The van der Waals surface area contributed by atoms with Gasteiger partial charge in [-0.1, -0.05) is 44.2 Å². The summed E-state index contributed by atoms with van der Waals surface area (Å²) < 4.78 is 0. The summed E-state index contributed by atoms with van der Waals surface area (Å²) in [5.74, 6) is 0.494. The Hall–Kier alpha value is -2.49. The van der Waals surface area contributed by atoms with Crippen molar-refractivity contribution in [2.45, 2.75) is 38.6 Å². The van der Waals surface area contributed by atoms with E-state index in [-0.39, 0.29) is 12.1 Å². The smallest absolute Gasteiger partial charge is 0.319 e. The molecule has 2 aromatic carbocycles. The van der Waals surface area contributed by atoms with E-state index >= 15 is 0 Å². The second-order valence-electron chi connectivity index (χ2n) is 6.65. The monoisotopic (exact) mass is 323 g/mol. The van der Waals surface area contributed by atoms with Crippen molar-refractivity contribution in [1.82, 2.24) is 5.32 Å². The van der Waals surface area contributed by atoms with Crippen LogP contribution in [-0.2, 0) is 6.42 Å². The average Bonchev–Trinajstić information content (AvgIpc) is 2.60. The highest BCUT2D eigenvalue weighted by molar-refractivity contribution is 5.89. The number of amides is 2. The Morgan fingerprint density at radius 2 is 1.92 bits per heavy atom. The molecule has 1 atom stereocenters. The summed E-state index contributed by atoms with van der Waals surface area (Å²) in [5, 5.41) is 9.34. The fraction of sp³-hybridized carbons (Fsp3) is 0.350. The van der Waals surface area contributed by atoms with Crippen LogP contribution in [-0.4, -0.2) is 18.6 Å². The van der Waals surface area contributed by atoms with E-state index in [0.717, 1.165) is 18.5 Å². The van der Waals surface area contributed by atoms with E-state index in [9.17, 15) is 4.79 Å². The Morgan fingerprint density at radius 3 is 2.67 bits per heavy atom. The Bertz CT molecular complexity index is 694. The second kappa shape index (κ2) is 7.39. The van der Waals surface area contributed by atoms with Crippen LogP contribution in [0.3, 0.4) is 0 Å². The molecule has 2 aromatic rings.